The number of aryl methyl sites for hydroxylation is 1. The molecule has 190 valence electrons. The van der Waals surface area contributed by atoms with Gasteiger partial charge in [0.05, 0.1) is 5.69 Å². The molecule has 1 N–H and O–H groups in total. The van der Waals surface area contributed by atoms with Crippen LogP contribution < -0.4 is 15.0 Å². The lowest BCUT2D eigenvalue weighted by molar-refractivity contribution is -0.189. The molecule has 1 aliphatic carbocycles. The minimum absolute atomic E-state index is 0.0999. The molecule has 35 heavy (non-hydrogen) atoms. The van der Waals surface area contributed by atoms with Crippen molar-refractivity contribution < 1.29 is 35.6 Å². The highest BCUT2D eigenvalue weighted by Gasteiger charge is 2.44. The lowest BCUT2D eigenvalue weighted by atomic mass is 9.92. The van der Waals surface area contributed by atoms with Crippen molar-refractivity contribution in [2.24, 2.45) is 11.8 Å². The topological polar surface area (TPSA) is 80.7 Å². The summed E-state index contributed by atoms with van der Waals surface area (Å²) in [4.78, 5) is 6.19. The lowest BCUT2D eigenvalue weighted by Gasteiger charge is -2.37. The second kappa shape index (κ2) is 8.19. The highest BCUT2D eigenvalue weighted by atomic mass is 19.4. The molecule has 1 saturated heterocycles. The summed E-state index contributed by atoms with van der Waals surface area (Å²) in [6.07, 6.45) is -9.95. The van der Waals surface area contributed by atoms with Crippen LogP contribution in [-0.2, 0) is 6.18 Å². The third-order valence-corrected chi connectivity index (χ3v) is 6.56. The minimum Gasteiger partial charge on any atom is -0.477 e. The van der Waals surface area contributed by atoms with Crippen molar-refractivity contribution >= 4 is 17.5 Å². The number of alkyl halides is 6. The molecule has 0 aromatic carbocycles. The molecule has 0 spiro atoms. The molecule has 2 bridgehead atoms. The molecule has 0 amide bonds. The van der Waals surface area contributed by atoms with E-state index < -0.39 is 35.5 Å². The number of rotatable bonds is 5. The van der Waals surface area contributed by atoms with E-state index in [1.165, 1.54) is 0 Å². The zero-order valence-electron chi connectivity index (χ0n) is 18.7. The van der Waals surface area contributed by atoms with Crippen LogP contribution in [0.15, 0.2) is 22.7 Å². The zero-order chi connectivity index (χ0) is 25.1. The molecule has 2 aliphatic rings. The Morgan fingerprint density at radius 3 is 2.37 bits per heavy atom. The SMILES string of the molecule is Cc1cc(N2CC3CCC(C2)C3Nc2nc3c(OC(C)C(F)(F)F)ccc(C(F)(F)F)n3n2)on1. The van der Waals surface area contributed by atoms with E-state index in [2.05, 4.69) is 25.5 Å². The molecular weight excluding hydrogens is 482 g/mol. The maximum atomic E-state index is 13.6. The average molecular weight is 504 g/mol. The van der Waals surface area contributed by atoms with Crippen LogP contribution in [0.2, 0.25) is 0 Å². The average Bonchev–Trinajstić information content (AvgIpc) is 3.43. The van der Waals surface area contributed by atoms with Crippen molar-refractivity contribution in [3.05, 3.63) is 29.6 Å². The van der Waals surface area contributed by atoms with Gasteiger partial charge in [-0.25, -0.2) is 4.52 Å². The smallest absolute Gasteiger partial charge is 0.433 e. The summed E-state index contributed by atoms with van der Waals surface area (Å²) >= 11 is 0. The van der Waals surface area contributed by atoms with Crippen LogP contribution in [0.3, 0.4) is 0 Å². The molecule has 0 radical (unpaired) electrons. The second-order valence-corrected chi connectivity index (χ2v) is 9.03. The first-order valence-electron chi connectivity index (χ1n) is 11.1. The number of nitrogens with one attached hydrogen (secondary N) is 1. The number of nitrogens with zero attached hydrogens (tertiary/aromatic N) is 5. The first-order valence-corrected chi connectivity index (χ1v) is 11.1. The van der Waals surface area contributed by atoms with Crippen LogP contribution in [0.4, 0.5) is 38.2 Å². The summed E-state index contributed by atoms with van der Waals surface area (Å²) in [5.41, 5.74) is -0.848. The van der Waals surface area contributed by atoms with Crippen LogP contribution >= 0.6 is 0 Å². The summed E-state index contributed by atoms with van der Waals surface area (Å²) in [6.45, 7) is 3.90. The number of hydrogen-bond acceptors (Lipinski definition) is 7. The largest absolute Gasteiger partial charge is 0.477 e. The van der Waals surface area contributed by atoms with Gasteiger partial charge in [-0.15, -0.1) is 5.10 Å². The highest BCUT2D eigenvalue weighted by Crippen LogP contribution is 2.41. The van der Waals surface area contributed by atoms with Crippen molar-refractivity contribution in [1.29, 1.82) is 0 Å². The molecule has 1 aliphatic heterocycles. The molecule has 2 fully saturated rings. The number of pyridine rings is 1. The first-order chi connectivity index (χ1) is 16.4. The Bertz CT molecular complexity index is 1210. The summed E-state index contributed by atoms with van der Waals surface area (Å²) in [6, 6.07) is 3.20. The standard InChI is InChI=1S/C21H22F6N6O2/c1-10-7-16(35-31-10)32-8-12-3-4-13(9-32)17(12)28-19-29-18-14(34-11(2)20(22,23)24)5-6-15(21(25,26)27)33(18)30-19/h5-7,11-13,17H,3-4,8-9H2,1-2H3,(H,28,30). The number of hydrogen-bond donors (Lipinski definition) is 1. The molecule has 5 rings (SSSR count). The summed E-state index contributed by atoms with van der Waals surface area (Å²) in [7, 11) is 0. The van der Waals surface area contributed by atoms with E-state index in [-0.39, 0.29) is 23.8 Å². The van der Waals surface area contributed by atoms with E-state index >= 15 is 0 Å². The third kappa shape index (κ3) is 4.45. The van der Waals surface area contributed by atoms with E-state index in [1.807, 2.05) is 13.0 Å². The maximum Gasteiger partial charge on any atom is 0.433 e. The van der Waals surface area contributed by atoms with Gasteiger partial charge in [0.25, 0.3) is 0 Å². The lowest BCUT2D eigenvalue weighted by Crippen LogP contribution is -2.48. The van der Waals surface area contributed by atoms with Gasteiger partial charge in [-0.1, -0.05) is 5.16 Å². The molecule has 1 saturated carbocycles. The van der Waals surface area contributed by atoms with Gasteiger partial charge in [0.1, 0.15) is 5.69 Å². The predicted molar refractivity (Wildman–Crippen MR) is 111 cm³/mol. The Kier molecular flexibility index (Phi) is 5.51. The minimum atomic E-state index is -4.79. The van der Waals surface area contributed by atoms with E-state index in [9.17, 15) is 26.3 Å². The molecule has 3 atom stereocenters. The van der Waals surface area contributed by atoms with E-state index in [0.29, 0.717) is 29.6 Å². The molecule has 3 unspecified atom stereocenters. The first kappa shape index (κ1) is 23.5. The number of piperidine rings is 1. The summed E-state index contributed by atoms with van der Waals surface area (Å²) < 4.78 is 90.4. The molecule has 4 heterocycles. The van der Waals surface area contributed by atoms with Gasteiger partial charge in [0, 0.05) is 25.2 Å². The summed E-state index contributed by atoms with van der Waals surface area (Å²) in [5, 5.41) is 11.0. The highest BCUT2D eigenvalue weighted by molar-refractivity contribution is 5.57. The van der Waals surface area contributed by atoms with Gasteiger partial charge in [0.2, 0.25) is 11.8 Å². The van der Waals surface area contributed by atoms with Crippen molar-refractivity contribution in [3.8, 4) is 5.75 Å². The van der Waals surface area contributed by atoms with Gasteiger partial charge < -0.3 is 19.5 Å². The predicted octanol–water partition coefficient (Wildman–Crippen LogP) is 4.70. The van der Waals surface area contributed by atoms with Gasteiger partial charge in [-0.2, -0.15) is 31.3 Å². The molecule has 8 nitrogen and oxygen atoms in total. The number of aromatic nitrogens is 4. The monoisotopic (exact) mass is 504 g/mol. The van der Waals surface area contributed by atoms with Crippen LogP contribution in [0.1, 0.15) is 31.2 Å². The van der Waals surface area contributed by atoms with Gasteiger partial charge in [-0.05, 0) is 50.7 Å². The van der Waals surface area contributed by atoms with Crippen LogP contribution in [0, 0.1) is 18.8 Å². The fourth-order valence-corrected chi connectivity index (χ4v) is 4.85. The maximum absolute atomic E-state index is 13.6. The fourth-order valence-electron chi connectivity index (χ4n) is 4.85. The quantitative estimate of drug-likeness (QED) is 0.505. The van der Waals surface area contributed by atoms with E-state index in [4.69, 9.17) is 9.26 Å². The van der Waals surface area contributed by atoms with Crippen molar-refractivity contribution in [3.63, 3.8) is 0 Å². The molecule has 14 heteroatoms. The van der Waals surface area contributed by atoms with Gasteiger partial charge in [0.15, 0.2) is 17.5 Å². The second-order valence-electron chi connectivity index (χ2n) is 9.03. The van der Waals surface area contributed by atoms with Crippen molar-refractivity contribution in [1.82, 2.24) is 19.8 Å². The Hall–Kier alpha value is -3.19. The third-order valence-electron chi connectivity index (χ3n) is 6.56. The van der Waals surface area contributed by atoms with Gasteiger partial charge >= 0.3 is 12.4 Å². The Morgan fingerprint density at radius 2 is 1.80 bits per heavy atom. The molecule has 3 aromatic heterocycles. The Labute approximate surface area is 195 Å². The Balaban J connectivity index is 1.42. The zero-order valence-corrected chi connectivity index (χ0v) is 18.7. The fraction of sp³-hybridized carbons (Fsp3) is 0.571. The Morgan fingerprint density at radius 1 is 1.11 bits per heavy atom. The van der Waals surface area contributed by atoms with Crippen LogP contribution in [0.25, 0.3) is 5.65 Å². The summed E-state index contributed by atoms with van der Waals surface area (Å²) in [5.74, 6) is 0.417. The van der Waals surface area contributed by atoms with Crippen LogP contribution in [0.5, 0.6) is 5.75 Å². The van der Waals surface area contributed by atoms with E-state index in [1.54, 1.807) is 0 Å². The van der Waals surface area contributed by atoms with Crippen molar-refractivity contribution in [2.75, 3.05) is 23.3 Å². The van der Waals surface area contributed by atoms with Gasteiger partial charge in [-0.3, -0.25) is 0 Å². The van der Waals surface area contributed by atoms with E-state index in [0.717, 1.165) is 31.5 Å². The number of anilines is 2. The number of halogens is 6. The number of fused-ring (bicyclic) bond motifs is 3. The molecule has 3 aromatic rings. The normalized spacial score (nSPS) is 23.7. The number of ether oxygens (including phenoxy) is 1. The van der Waals surface area contributed by atoms with Crippen LogP contribution in [-0.4, -0.2) is 51.2 Å². The van der Waals surface area contributed by atoms with Crippen molar-refractivity contribution in [2.45, 2.75) is 51.2 Å². The molecular formula is C21H22F6N6O2.